The fourth-order valence-corrected chi connectivity index (χ4v) is 3.12. The van der Waals surface area contributed by atoms with Crippen molar-refractivity contribution in [3.63, 3.8) is 0 Å². The number of β-amino-alcohol motifs (C(OH)–C–C–N with tert-alkyl or cyclic N) is 1. The molecule has 1 heterocycles. The van der Waals surface area contributed by atoms with Gasteiger partial charge in [0.1, 0.15) is 5.75 Å². The van der Waals surface area contributed by atoms with Gasteiger partial charge in [-0.3, -0.25) is 9.69 Å². The zero-order valence-corrected chi connectivity index (χ0v) is 16.6. The lowest BCUT2D eigenvalue weighted by molar-refractivity contribution is -0.0517. The smallest absolute Gasteiger partial charge is 0.254 e. The lowest BCUT2D eigenvalue weighted by Crippen LogP contribution is -2.50. The van der Waals surface area contributed by atoms with Crippen molar-refractivity contribution in [2.75, 3.05) is 60.2 Å². The Morgan fingerprint density at radius 2 is 2.11 bits per heavy atom. The monoisotopic (exact) mass is 380 g/mol. The summed E-state index contributed by atoms with van der Waals surface area (Å²) in [6.45, 7) is 6.19. The Morgan fingerprint density at radius 3 is 2.74 bits per heavy atom. The lowest BCUT2D eigenvalue weighted by atomic mass is 10.1. The van der Waals surface area contributed by atoms with Gasteiger partial charge in [0, 0.05) is 45.4 Å². The first-order chi connectivity index (χ1) is 13.1. The number of nitrogens with zero attached hydrogens (tertiary/aromatic N) is 2. The molecule has 1 saturated heterocycles. The molecule has 1 aromatic rings. The lowest BCUT2D eigenvalue weighted by Gasteiger charge is -2.36. The first-order valence-corrected chi connectivity index (χ1v) is 9.51. The van der Waals surface area contributed by atoms with Gasteiger partial charge in [0.05, 0.1) is 32.5 Å². The third-order valence-electron chi connectivity index (χ3n) is 4.78. The van der Waals surface area contributed by atoms with E-state index in [1.54, 1.807) is 43.4 Å². The number of aliphatic hydroxyl groups excluding tert-OH is 1. The summed E-state index contributed by atoms with van der Waals surface area (Å²) in [5.74, 6) is 0.666. The van der Waals surface area contributed by atoms with Gasteiger partial charge in [-0.15, -0.1) is 0 Å². The molecule has 1 amide bonds. The normalized spacial score (nSPS) is 18.9. The summed E-state index contributed by atoms with van der Waals surface area (Å²) < 4.78 is 16.2. The minimum atomic E-state index is -0.325. The van der Waals surface area contributed by atoms with Crippen molar-refractivity contribution in [3.8, 4) is 5.75 Å². The molecule has 1 N–H and O–H groups in total. The second-order valence-corrected chi connectivity index (χ2v) is 6.79. The van der Waals surface area contributed by atoms with Gasteiger partial charge in [-0.05, 0) is 30.7 Å². The van der Waals surface area contributed by atoms with E-state index in [0.717, 1.165) is 18.7 Å². The predicted octanol–water partition coefficient (Wildman–Crippen LogP) is 1.26. The molecule has 2 rings (SSSR count). The summed E-state index contributed by atoms with van der Waals surface area (Å²) in [6, 6.07) is 7.11. The highest BCUT2D eigenvalue weighted by atomic mass is 16.5. The zero-order chi connectivity index (χ0) is 19.6. The molecular weight excluding hydrogens is 348 g/mol. The van der Waals surface area contributed by atoms with Crippen molar-refractivity contribution in [1.29, 1.82) is 0 Å². The molecule has 0 saturated carbocycles. The molecule has 152 valence electrons. The molecule has 2 atom stereocenters. The molecule has 7 heteroatoms. The number of amides is 1. The van der Waals surface area contributed by atoms with Gasteiger partial charge < -0.3 is 24.2 Å². The number of ether oxygens (including phenoxy) is 3. The van der Waals surface area contributed by atoms with E-state index in [4.69, 9.17) is 14.2 Å². The van der Waals surface area contributed by atoms with Crippen LogP contribution in [-0.2, 0) is 9.47 Å². The third kappa shape index (κ3) is 6.77. The minimum absolute atomic E-state index is 0.0518. The second kappa shape index (κ2) is 11.2. The maximum absolute atomic E-state index is 13.0. The van der Waals surface area contributed by atoms with Crippen LogP contribution in [0.15, 0.2) is 24.3 Å². The van der Waals surface area contributed by atoms with E-state index in [-0.39, 0.29) is 18.1 Å². The maximum atomic E-state index is 13.0. The first-order valence-electron chi connectivity index (χ1n) is 9.51. The van der Waals surface area contributed by atoms with Crippen LogP contribution in [0.1, 0.15) is 23.7 Å². The molecule has 2 unspecified atom stereocenters. The molecule has 7 nitrogen and oxygen atoms in total. The van der Waals surface area contributed by atoms with Crippen LogP contribution in [-0.4, -0.2) is 93.2 Å². The van der Waals surface area contributed by atoms with Crippen molar-refractivity contribution < 1.29 is 24.1 Å². The van der Waals surface area contributed by atoms with Crippen molar-refractivity contribution in [3.05, 3.63) is 29.8 Å². The van der Waals surface area contributed by atoms with Crippen LogP contribution < -0.4 is 4.74 Å². The number of aliphatic hydroxyl groups is 1. The summed E-state index contributed by atoms with van der Waals surface area (Å²) >= 11 is 0. The molecule has 0 radical (unpaired) electrons. The van der Waals surface area contributed by atoms with Crippen molar-refractivity contribution >= 4 is 5.91 Å². The van der Waals surface area contributed by atoms with E-state index < -0.39 is 0 Å². The summed E-state index contributed by atoms with van der Waals surface area (Å²) in [6.07, 6.45) is 0.328. The van der Waals surface area contributed by atoms with Gasteiger partial charge in [0.15, 0.2) is 0 Å². The van der Waals surface area contributed by atoms with Gasteiger partial charge in [-0.2, -0.15) is 0 Å². The predicted molar refractivity (Wildman–Crippen MR) is 103 cm³/mol. The fourth-order valence-electron chi connectivity index (χ4n) is 3.12. The quantitative estimate of drug-likeness (QED) is 0.659. The molecule has 0 bridgehead atoms. The van der Waals surface area contributed by atoms with E-state index in [1.807, 2.05) is 6.92 Å². The van der Waals surface area contributed by atoms with Crippen LogP contribution in [0.5, 0.6) is 5.75 Å². The number of carbonyl (C=O) groups excluding carboxylic acids is 1. The Kier molecular flexibility index (Phi) is 9.00. The zero-order valence-electron chi connectivity index (χ0n) is 16.6. The molecule has 1 aliphatic heterocycles. The molecule has 1 fully saturated rings. The van der Waals surface area contributed by atoms with Crippen LogP contribution in [0.25, 0.3) is 0 Å². The van der Waals surface area contributed by atoms with Gasteiger partial charge in [0.25, 0.3) is 5.91 Å². The average molecular weight is 380 g/mol. The van der Waals surface area contributed by atoms with Gasteiger partial charge >= 0.3 is 0 Å². The molecule has 0 aliphatic carbocycles. The van der Waals surface area contributed by atoms with E-state index in [2.05, 4.69) is 4.90 Å². The number of methoxy groups -OCH3 is 2. The molecule has 0 spiro atoms. The SMILES string of the molecule is CCC(O)CN1CCOC(CN(CCOC)C(=O)c2ccc(OC)cc2)C1. The molecule has 1 aliphatic rings. The summed E-state index contributed by atoms with van der Waals surface area (Å²) in [5, 5.41) is 9.90. The summed E-state index contributed by atoms with van der Waals surface area (Å²) in [5.41, 5.74) is 0.612. The largest absolute Gasteiger partial charge is 0.497 e. The average Bonchev–Trinajstić information content (AvgIpc) is 2.70. The summed E-state index contributed by atoms with van der Waals surface area (Å²) in [4.78, 5) is 16.9. The van der Waals surface area contributed by atoms with Crippen LogP contribution in [0.4, 0.5) is 0 Å². The van der Waals surface area contributed by atoms with Crippen LogP contribution in [0, 0.1) is 0 Å². The maximum Gasteiger partial charge on any atom is 0.254 e. The van der Waals surface area contributed by atoms with E-state index in [1.165, 1.54) is 0 Å². The molecular formula is C20H32N2O5. The molecule has 1 aromatic carbocycles. The van der Waals surface area contributed by atoms with Crippen molar-refractivity contribution in [2.24, 2.45) is 0 Å². The second-order valence-electron chi connectivity index (χ2n) is 6.79. The van der Waals surface area contributed by atoms with E-state index in [9.17, 15) is 9.90 Å². The van der Waals surface area contributed by atoms with Gasteiger partial charge in [-0.25, -0.2) is 0 Å². The Morgan fingerprint density at radius 1 is 1.37 bits per heavy atom. The summed E-state index contributed by atoms with van der Waals surface area (Å²) in [7, 11) is 3.23. The highest BCUT2D eigenvalue weighted by Gasteiger charge is 2.26. The molecule has 27 heavy (non-hydrogen) atoms. The first kappa shape index (κ1) is 21.6. The van der Waals surface area contributed by atoms with Gasteiger partial charge in [0.2, 0.25) is 0 Å². The number of hydrogen-bond donors (Lipinski definition) is 1. The Bertz CT molecular complexity index is 566. The standard InChI is InChI=1S/C20H32N2O5/c1-4-17(23)13-21-9-12-27-19(14-21)15-22(10-11-25-2)20(24)16-5-7-18(26-3)8-6-16/h5-8,17,19,23H,4,9-15H2,1-3H3. The van der Waals surface area contributed by atoms with E-state index in [0.29, 0.717) is 45.0 Å². The Balaban J connectivity index is 2.00. The highest BCUT2D eigenvalue weighted by molar-refractivity contribution is 5.94. The fraction of sp³-hybridized carbons (Fsp3) is 0.650. The Hall–Kier alpha value is -1.67. The number of rotatable bonds is 10. The van der Waals surface area contributed by atoms with Crippen LogP contribution >= 0.6 is 0 Å². The topological polar surface area (TPSA) is 71.5 Å². The van der Waals surface area contributed by atoms with Crippen LogP contribution in [0.3, 0.4) is 0 Å². The Labute approximate surface area is 161 Å². The molecule has 0 aromatic heterocycles. The van der Waals surface area contributed by atoms with Gasteiger partial charge in [-0.1, -0.05) is 6.92 Å². The highest BCUT2D eigenvalue weighted by Crippen LogP contribution is 2.15. The van der Waals surface area contributed by atoms with E-state index >= 15 is 0 Å². The number of hydrogen-bond acceptors (Lipinski definition) is 6. The third-order valence-corrected chi connectivity index (χ3v) is 4.78. The number of morpholine rings is 1. The minimum Gasteiger partial charge on any atom is -0.497 e. The number of carbonyl (C=O) groups is 1. The van der Waals surface area contributed by atoms with Crippen LogP contribution in [0.2, 0.25) is 0 Å². The van der Waals surface area contributed by atoms with Crippen molar-refractivity contribution in [2.45, 2.75) is 25.6 Å². The van der Waals surface area contributed by atoms with Crippen molar-refractivity contribution in [1.82, 2.24) is 9.80 Å². The number of benzene rings is 1.